The summed E-state index contributed by atoms with van der Waals surface area (Å²) >= 11 is 0. The second-order valence-corrected chi connectivity index (χ2v) is 4.48. The van der Waals surface area contributed by atoms with Crippen molar-refractivity contribution in [3.8, 4) is 5.75 Å². The van der Waals surface area contributed by atoms with Crippen molar-refractivity contribution < 1.29 is 9.53 Å². The van der Waals surface area contributed by atoms with Crippen LogP contribution in [0.1, 0.15) is 37.9 Å². The Balaban J connectivity index is 2.88. The standard InChI is InChI=1S/C14H22N2O2/c1-5-16-14(17)11(4)18-13-8-9(2)6-7-12(13)10(3)15/h6-8,10-11H,5,15H2,1-4H3,(H,16,17)/t10-,11?/m1/s1. The number of hydrogen-bond donors (Lipinski definition) is 2. The highest BCUT2D eigenvalue weighted by atomic mass is 16.5. The molecule has 4 nitrogen and oxygen atoms in total. The van der Waals surface area contributed by atoms with Crippen molar-refractivity contribution in [2.45, 2.75) is 39.8 Å². The van der Waals surface area contributed by atoms with Gasteiger partial charge in [-0.3, -0.25) is 4.79 Å². The van der Waals surface area contributed by atoms with E-state index in [1.54, 1.807) is 6.92 Å². The Labute approximate surface area is 109 Å². The first kappa shape index (κ1) is 14.5. The highest BCUT2D eigenvalue weighted by Crippen LogP contribution is 2.26. The molecule has 18 heavy (non-hydrogen) atoms. The maximum Gasteiger partial charge on any atom is 0.260 e. The van der Waals surface area contributed by atoms with Crippen molar-refractivity contribution in [3.63, 3.8) is 0 Å². The van der Waals surface area contributed by atoms with E-state index in [1.807, 2.05) is 39.0 Å². The number of carbonyl (C=O) groups is 1. The van der Waals surface area contributed by atoms with Gasteiger partial charge in [0.2, 0.25) is 0 Å². The number of amides is 1. The van der Waals surface area contributed by atoms with Crippen LogP contribution in [-0.2, 0) is 4.79 Å². The molecule has 0 aliphatic carbocycles. The molecule has 2 atom stereocenters. The van der Waals surface area contributed by atoms with Crippen LogP contribution in [0.3, 0.4) is 0 Å². The van der Waals surface area contributed by atoms with Crippen LogP contribution in [-0.4, -0.2) is 18.6 Å². The van der Waals surface area contributed by atoms with Crippen molar-refractivity contribution in [1.29, 1.82) is 0 Å². The molecule has 1 rings (SSSR count). The van der Waals surface area contributed by atoms with E-state index < -0.39 is 6.10 Å². The van der Waals surface area contributed by atoms with Gasteiger partial charge in [0.15, 0.2) is 6.10 Å². The van der Waals surface area contributed by atoms with Gasteiger partial charge in [-0.1, -0.05) is 12.1 Å². The Morgan fingerprint density at radius 2 is 2.11 bits per heavy atom. The zero-order chi connectivity index (χ0) is 13.7. The zero-order valence-corrected chi connectivity index (χ0v) is 11.5. The predicted molar refractivity (Wildman–Crippen MR) is 72.6 cm³/mol. The number of benzene rings is 1. The molecule has 1 unspecified atom stereocenters. The summed E-state index contributed by atoms with van der Waals surface area (Å²) < 4.78 is 5.71. The largest absolute Gasteiger partial charge is 0.481 e. The van der Waals surface area contributed by atoms with Crippen LogP contribution in [0.5, 0.6) is 5.75 Å². The summed E-state index contributed by atoms with van der Waals surface area (Å²) in [4.78, 5) is 11.6. The molecule has 0 saturated heterocycles. The van der Waals surface area contributed by atoms with Crippen molar-refractivity contribution in [1.82, 2.24) is 5.32 Å². The van der Waals surface area contributed by atoms with Crippen molar-refractivity contribution in [2.24, 2.45) is 5.73 Å². The number of rotatable bonds is 5. The molecule has 0 bridgehead atoms. The number of aryl methyl sites for hydroxylation is 1. The minimum atomic E-state index is -0.524. The molecule has 1 amide bonds. The smallest absolute Gasteiger partial charge is 0.260 e. The summed E-state index contributed by atoms with van der Waals surface area (Å²) in [6.45, 7) is 8.09. The van der Waals surface area contributed by atoms with Gasteiger partial charge in [-0.2, -0.15) is 0 Å². The SMILES string of the molecule is CCNC(=O)C(C)Oc1cc(C)ccc1[C@@H](C)N. The second kappa shape index (κ2) is 6.40. The van der Waals surface area contributed by atoms with Gasteiger partial charge in [-0.25, -0.2) is 0 Å². The molecule has 0 aliphatic rings. The molecule has 0 aromatic heterocycles. The molecule has 0 radical (unpaired) electrons. The maximum atomic E-state index is 11.6. The van der Waals surface area contributed by atoms with Gasteiger partial charge in [0.05, 0.1) is 0 Å². The van der Waals surface area contributed by atoms with E-state index in [0.29, 0.717) is 12.3 Å². The Morgan fingerprint density at radius 3 is 2.67 bits per heavy atom. The third-order valence-corrected chi connectivity index (χ3v) is 2.68. The molecular formula is C14H22N2O2. The minimum Gasteiger partial charge on any atom is -0.481 e. The highest BCUT2D eigenvalue weighted by molar-refractivity contribution is 5.80. The molecule has 0 aliphatic heterocycles. The molecule has 0 heterocycles. The normalized spacial score (nSPS) is 13.8. The van der Waals surface area contributed by atoms with Crippen LogP contribution in [0.4, 0.5) is 0 Å². The van der Waals surface area contributed by atoms with E-state index in [2.05, 4.69) is 5.32 Å². The Bertz CT molecular complexity index is 416. The molecule has 0 fully saturated rings. The first-order valence-electron chi connectivity index (χ1n) is 6.26. The summed E-state index contributed by atoms with van der Waals surface area (Å²) in [5.41, 5.74) is 7.89. The van der Waals surface area contributed by atoms with Crippen molar-refractivity contribution in [3.05, 3.63) is 29.3 Å². The van der Waals surface area contributed by atoms with Crippen LogP contribution in [0.25, 0.3) is 0 Å². The van der Waals surface area contributed by atoms with Crippen LogP contribution >= 0.6 is 0 Å². The van der Waals surface area contributed by atoms with E-state index in [9.17, 15) is 4.79 Å². The highest BCUT2D eigenvalue weighted by Gasteiger charge is 2.16. The molecular weight excluding hydrogens is 228 g/mol. The molecule has 1 aromatic rings. The monoisotopic (exact) mass is 250 g/mol. The van der Waals surface area contributed by atoms with Gasteiger partial charge in [0.25, 0.3) is 5.91 Å². The third kappa shape index (κ3) is 3.74. The second-order valence-electron chi connectivity index (χ2n) is 4.48. The third-order valence-electron chi connectivity index (χ3n) is 2.68. The Kier molecular flexibility index (Phi) is 5.16. The van der Waals surface area contributed by atoms with Crippen LogP contribution in [0, 0.1) is 6.92 Å². The number of ether oxygens (including phenoxy) is 1. The van der Waals surface area contributed by atoms with E-state index in [4.69, 9.17) is 10.5 Å². The Morgan fingerprint density at radius 1 is 1.44 bits per heavy atom. The number of carbonyl (C=O) groups excluding carboxylic acids is 1. The zero-order valence-electron chi connectivity index (χ0n) is 11.5. The number of nitrogens with two attached hydrogens (primary N) is 1. The molecule has 0 saturated carbocycles. The van der Waals surface area contributed by atoms with E-state index in [0.717, 1.165) is 11.1 Å². The van der Waals surface area contributed by atoms with E-state index >= 15 is 0 Å². The summed E-state index contributed by atoms with van der Waals surface area (Å²) in [5, 5.41) is 2.73. The van der Waals surface area contributed by atoms with E-state index in [1.165, 1.54) is 0 Å². The lowest BCUT2D eigenvalue weighted by Crippen LogP contribution is -2.36. The van der Waals surface area contributed by atoms with Crippen LogP contribution < -0.4 is 15.8 Å². The number of nitrogens with one attached hydrogen (secondary N) is 1. The van der Waals surface area contributed by atoms with Crippen LogP contribution in [0.15, 0.2) is 18.2 Å². The average Bonchev–Trinajstić information content (AvgIpc) is 2.28. The summed E-state index contributed by atoms with van der Waals surface area (Å²) in [5.74, 6) is 0.568. The predicted octanol–water partition coefficient (Wildman–Crippen LogP) is 1.92. The average molecular weight is 250 g/mol. The Hall–Kier alpha value is -1.55. The lowest BCUT2D eigenvalue weighted by atomic mass is 10.1. The molecule has 100 valence electrons. The molecule has 1 aromatic carbocycles. The topological polar surface area (TPSA) is 64.3 Å². The molecule has 4 heteroatoms. The number of likely N-dealkylation sites (N-methyl/N-ethyl adjacent to an activating group) is 1. The van der Waals surface area contributed by atoms with Gasteiger partial charge >= 0.3 is 0 Å². The lowest BCUT2D eigenvalue weighted by Gasteiger charge is -2.19. The molecule has 3 N–H and O–H groups in total. The first-order chi connectivity index (χ1) is 8.45. The fraction of sp³-hybridized carbons (Fsp3) is 0.500. The quantitative estimate of drug-likeness (QED) is 0.839. The lowest BCUT2D eigenvalue weighted by molar-refractivity contribution is -0.127. The van der Waals surface area contributed by atoms with Gasteiger partial charge < -0.3 is 15.8 Å². The van der Waals surface area contributed by atoms with Crippen molar-refractivity contribution in [2.75, 3.05) is 6.54 Å². The minimum absolute atomic E-state index is 0.116. The van der Waals surface area contributed by atoms with Gasteiger partial charge in [-0.15, -0.1) is 0 Å². The van der Waals surface area contributed by atoms with Gasteiger partial charge in [0.1, 0.15) is 5.75 Å². The number of hydrogen-bond acceptors (Lipinski definition) is 3. The van der Waals surface area contributed by atoms with Gasteiger partial charge in [-0.05, 0) is 39.3 Å². The maximum absolute atomic E-state index is 11.6. The summed E-state index contributed by atoms with van der Waals surface area (Å²) in [7, 11) is 0. The van der Waals surface area contributed by atoms with Crippen molar-refractivity contribution >= 4 is 5.91 Å². The molecule has 0 spiro atoms. The summed E-state index contributed by atoms with van der Waals surface area (Å²) in [6.07, 6.45) is -0.524. The first-order valence-corrected chi connectivity index (χ1v) is 6.26. The van der Waals surface area contributed by atoms with Crippen LogP contribution in [0.2, 0.25) is 0 Å². The summed E-state index contributed by atoms with van der Waals surface area (Å²) in [6, 6.07) is 5.72. The fourth-order valence-corrected chi connectivity index (χ4v) is 1.68. The van der Waals surface area contributed by atoms with E-state index in [-0.39, 0.29) is 11.9 Å². The fourth-order valence-electron chi connectivity index (χ4n) is 1.68. The van der Waals surface area contributed by atoms with Gasteiger partial charge in [0, 0.05) is 18.2 Å².